The lowest BCUT2D eigenvalue weighted by Crippen LogP contribution is -2.25. The van der Waals surface area contributed by atoms with Gasteiger partial charge < -0.3 is 4.98 Å². The Morgan fingerprint density at radius 2 is 1.90 bits per heavy atom. The maximum absolute atomic E-state index is 12.3. The standard InChI is InChI=1S/C16H19BrN2O/c1-11-8-15(12(2)18-11)16(20)10-19(3)9-13-4-6-14(17)7-5-13/h4-8,18H,9-10H2,1-3H3. The summed E-state index contributed by atoms with van der Waals surface area (Å²) in [5, 5.41) is 0. The second-order valence-electron chi connectivity index (χ2n) is 5.21. The van der Waals surface area contributed by atoms with Gasteiger partial charge in [0.1, 0.15) is 0 Å². The third kappa shape index (κ3) is 3.81. The Labute approximate surface area is 128 Å². The van der Waals surface area contributed by atoms with Gasteiger partial charge in [0.05, 0.1) is 6.54 Å². The molecule has 0 unspecified atom stereocenters. The lowest BCUT2D eigenvalue weighted by atomic mass is 10.1. The van der Waals surface area contributed by atoms with Crippen LogP contribution in [0.15, 0.2) is 34.8 Å². The number of carbonyl (C=O) groups is 1. The van der Waals surface area contributed by atoms with Crippen LogP contribution in [0.3, 0.4) is 0 Å². The van der Waals surface area contributed by atoms with Gasteiger partial charge in [0, 0.05) is 28.0 Å². The van der Waals surface area contributed by atoms with Crippen molar-refractivity contribution in [2.24, 2.45) is 0 Å². The molecular weight excluding hydrogens is 316 g/mol. The summed E-state index contributed by atoms with van der Waals surface area (Å²) in [7, 11) is 1.97. The average molecular weight is 335 g/mol. The molecule has 1 aromatic heterocycles. The highest BCUT2D eigenvalue weighted by Gasteiger charge is 2.13. The number of hydrogen-bond donors (Lipinski definition) is 1. The van der Waals surface area contributed by atoms with Crippen LogP contribution in [0.4, 0.5) is 0 Å². The number of nitrogens with one attached hydrogen (secondary N) is 1. The fraction of sp³-hybridized carbons (Fsp3) is 0.312. The number of halogens is 1. The Morgan fingerprint density at radius 3 is 2.45 bits per heavy atom. The third-order valence-corrected chi connectivity index (χ3v) is 3.76. The molecule has 1 heterocycles. The van der Waals surface area contributed by atoms with Crippen molar-refractivity contribution in [2.45, 2.75) is 20.4 Å². The molecule has 4 heteroatoms. The summed E-state index contributed by atoms with van der Waals surface area (Å²) in [5.41, 5.74) is 3.97. The molecule has 0 amide bonds. The largest absolute Gasteiger partial charge is 0.362 e. The van der Waals surface area contributed by atoms with Crippen LogP contribution in [-0.4, -0.2) is 29.3 Å². The molecule has 3 nitrogen and oxygen atoms in total. The molecule has 2 rings (SSSR count). The van der Waals surface area contributed by atoms with Crippen LogP contribution in [0.2, 0.25) is 0 Å². The van der Waals surface area contributed by atoms with Crippen molar-refractivity contribution in [3.05, 3.63) is 57.3 Å². The third-order valence-electron chi connectivity index (χ3n) is 3.23. The summed E-state index contributed by atoms with van der Waals surface area (Å²) in [6, 6.07) is 10.1. The molecule has 0 aliphatic heterocycles. The first-order valence-electron chi connectivity index (χ1n) is 6.58. The second-order valence-corrected chi connectivity index (χ2v) is 6.13. The smallest absolute Gasteiger partial charge is 0.178 e. The van der Waals surface area contributed by atoms with Gasteiger partial charge in [0.15, 0.2) is 5.78 Å². The lowest BCUT2D eigenvalue weighted by Gasteiger charge is -2.15. The number of aryl methyl sites for hydroxylation is 2. The number of hydrogen-bond acceptors (Lipinski definition) is 2. The Morgan fingerprint density at radius 1 is 1.25 bits per heavy atom. The first-order chi connectivity index (χ1) is 9.45. The van der Waals surface area contributed by atoms with Crippen molar-refractivity contribution in [3.8, 4) is 0 Å². The van der Waals surface area contributed by atoms with Gasteiger partial charge in [-0.15, -0.1) is 0 Å². The number of benzene rings is 1. The first kappa shape index (κ1) is 15.0. The number of nitrogens with zero attached hydrogens (tertiary/aromatic N) is 1. The Kier molecular flexibility index (Phi) is 4.78. The van der Waals surface area contributed by atoms with Gasteiger partial charge in [-0.2, -0.15) is 0 Å². The van der Waals surface area contributed by atoms with E-state index < -0.39 is 0 Å². The molecule has 20 heavy (non-hydrogen) atoms. The van der Waals surface area contributed by atoms with Crippen molar-refractivity contribution in [1.82, 2.24) is 9.88 Å². The fourth-order valence-electron chi connectivity index (χ4n) is 2.30. The van der Waals surface area contributed by atoms with Gasteiger partial charge in [0.25, 0.3) is 0 Å². The minimum Gasteiger partial charge on any atom is -0.362 e. The quantitative estimate of drug-likeness (QED) is 0.846. The van der Waals surface area contributed by atoms with Crippen molar-refractivity contribution in [3.63, 3.8) is 0 Å². The van der Waals surface area contributed by atoms with Gasteiger partial charge in [-0.05, 0) is 44.7 Å². The van der Waals surface area contributed by atoms with Crippen LogP contribution in [0.25, 0.3) is 0 Å². The molecule has 0 spiro atoms. The number of carbonyl (C=O) groups excluding carboxylic acids is 1. The normalized spacial score (nSPS) is 11.1. The van der Waals surface area contributed by atoms with Crippen molar-refractivity contribution in [1.29, 1.82) is 0 Å². The van der Waals surface area contributed by atoms with Crippen LogP contribution in [0, 0.1) is 13.8 Å². The zero-order valence-electron chi connectivity index (χ0n) is 12.0. The number of Topliss-reactive ketones (excluding diaryl/α,β-unsaturated/α-hetero) is 1. The number of aromatic nitrogens is 1. The molecule has 0 radical (unpaired) electrons. The van der Waals surface area contributed by atoms with E-state index >= 15 is 0 Å². The Balaban J connectivity index is 1.97. The molecule has 106 valence electrons. The number of H-pyrrole nitrogens is 1. The highest BCUT2D eigenvalue weighted by molar-refractivity contribution is 9.10. The molecule has 0 atom stereocenters. The predicted octanol–water partition coefficient (Wildman–Crippen LogP) is 3.71. The molecule has 1 N–H and O–H groups in total. The van der Waals surface area contributed by atoms with E-state index in [4.69, 9.17) is 0 Å². The van der Waals surface area contributed by atoms with Crippen LogP contribution >= 0.6 is 15.9 Å². The zero-order valence-corrected chi connectivity index (χ0v) is 13.6. The number of rotatable bonds is 5. The second kappa shape index (κ2) is 6.37. The molecule has 1 aromatic carbocycles. The molecule has 0 bridgehead atoms. The van der Waals surface area contributed by atoms with E-state index in [0.717, 1.165) is 28.0 Å². The van der Waals surface area contributed by atoms with Crippen molar-refractivity contribution < 1.29 is 4.79 Å². The topological polar surface area (TPSA) is 36.1 Å². The Hall–Kier alpha value is -1.39. The van der Waals surface area contributed by atoms with Crippen molar-refractivity contribution >= 4 is 21.7 Å². The van der Waals surface area contributed by atoms with Crippen LogP contribution in [0.5, 0.6) is 0 Å². The van der Waals surface area contributed by atoms with Gasteiger partial charge in [-0.3, -0.25) is 9.69 Å². The van der Waals surface area contributed by atoms with Crippen molar-refractivity contribution in [2.75, 3.05) is 13.6 Å². The number of aromatic amines is 1. The summed E-state index contributed by atoms with van der Waals surface area (Å²) >= 11 is 3.42. The maximum Gasteiger partial charge on any atom is 0.178 e. The molecular formula is C16H19BrN2O. The highest BCUT2D eigenvalue weighted by Crippen LogP contribution is 2.13. The highest BCUT2D eigenvalue weighted by atomic mass is 79.9. The van der Waals surface area contributed by atoms with E-state index in [1.807, 2.05) is 44.0 Å². The van der Waals surface area contributed by atoms with Crippen LogP contribution in [-0.2, 0) is 6.54 Å². The number of likely N-dealkylation sites (N-methyl/N-ethyl adjacent to an activating group) is 1. The summed E-state index contributed by atoms with van der Waals surface area (Å²) in [5.74, 6) is 0.159. The van der Waals surface area contributed by atoms with E-state index in [0.29, 0.717) is 6.54 Å². The SMILES string of the molecule is Cc1cc(C(=O)CN(C)Cc2ccc(Br)cc2)c(C)[nH]1. The van der Waals surface area contributed by atoms with Crippen LogP contribution in [0.1, 0.15) is 27.3 Å². The summed E-state index contributed by atoms with van der Waals surface area (Å²) in [4.78, 5) is 17.5. The average Bonchev–Trinajstić information content (AvgIpc) is 2.71. The van der Waals surface area contributed by atoms with Gasteiger partial charge >= 0.3 is 0 Å². The van der Waals surface area contributed by atoms with E-state index in [1.165, 1.54) is 5.56 Å². The summed E-state index contributed by atoms with van der Waals surface area (Å²) < 4.78 is 1.07. The minimum absolute atomic E-state index is 0.159. The molecule has 0 saturated carbocycles. The van der Waals surface area contributed by atoms with E-state index in [-0.39, 0.29) is 5.78 Å². The van der Waals surface area contributed by atoms with Gasteiger partial charge in [-0.1, -0.05) is 28.1 Å². The van der Waals surface area contributed by atoms with Crippen LogP contribution < -0.4 is 0 Å². The minimum atomic E-state index is 0.159. The predicted molar refractivity (Wildman–Crippen MR) is 85.1 cm³/mol. The molecule has 0 saturated heterocycles. The zero-order chi connectivity index (χ0) is 14.7. The molecule has 0 aliphatic carbocycles. The maximum atomic E-state index is 12.3. The fourth-order valence-corrected chi connectivity index (χ4v) is 2.57. The summed E-state index contributed by atoms with van der Waals surface area (Å²) in [6.45, 7) is 5.10. The molecule has 0 aliphatic rings. The lowest BCUT2D eigenvalue weighted by molar-refractivity contribution is 0.0942. The first-order valence-corrected chi connectivity index (χ1v) is 7.37. The van der Waals surface area contributed by atoms with E-state index in [9.17, 15) is 4.79 Å². The number of ketones is 1. The molecule has 0 fully saturated rings. The van der Waals surface area contributed by atoms with E-state index in [2.05, 4.69) is 33.0 Å². The Bertz CT molecular complexity index is 601. The summed E-state index contributed by atoms with van der Waals surface area (Å²) in [6.07, 6.45) is 0. The monoisotopic (exact) mass is 334 g/mol. The van der Waals surface area contributed by atoms with E-state index in [1.54, 1.807) is 0 Å². The van der Waals surface area contributed by atoms with Gasteiger partial charge in [0.2, 0.25) is 0 Å². The van der Waals surface area contributed by atoms with Gasteiger partial charge in [-0.25, -0.2) is 0 Å². The molecule has 2 aromatic rings.